The number of hydrogen-bond donors (Lipinski definition) is 1. The molecular weight excluding hydrogens is 266 g/mol. The third kappa shape index (κ3) is 2.00. The molecule has 4 rings (SSSR count). The van der Waals surface area contributed by atoms with Gasteiger partial charge in [0, 0.05) is 12.0 Å². The molecule has 1 aromatic heterocycles. The Labute approximate surface area is 123 Å². The molecule has 0 bridgehead atoms. The van der Waals surface area contributed by atoms with Crippen LogP contribution in [-0.4, -0.2) is 29.4 Å². The number of aromatic nitrogens is 2. The van der Waals surface area contributed by atoms with E-state index in [1.54, 1.807) is 0 Å². The molecule has 110 valence electrons. The highest BCUT2D eigenvalue weighted by atomic mass is 16.5. The van der Waals surface area contributed by atoms with E-state index < -0.39 is 0 Å². The van der Waals surface area contributed by atoms with E-state index in [9.17, 15) is 0 Å². The van der Waals surface area contributed by atoms with Crippen LogP contribution in [0.5, 0.6) is 0 Å². The number of nitrogens with two attached hydrogens (primary N) is 1. The maximum atomic E-state index is 6.12. The first-order valence-corrected chi connectivity index (χ1v) is 7.41. The zero-order valence-electron chi connectivity index (χ0n) is 12.1. The van der Waals surface area contributed by atoms with Crippen LogP contribution < -0.4 is 5.73 Å². The summed E-state index contributed by atoms with van der Waals surface area (Å²) in [6.07, 6.45) is 1.96. The van der Waals surface area contributed by atoms with E-state index in [2.05, 4.69) is 34.4 Å². The first-order valence-electron chi connectivity index (χ1n) is 7.41. The smallest absolute Gasteiger partial charge is 0.236 e. The lowest BCUT2D eigenvalue weighted by Gasteiger charge is -2.21. The molecular formula is C16H19N3O2. The number of rotatable bonds is 2. The molecule has 0 saturated carbocycles. The Balaban J connectivity index is 1.59. The Bertz CT molecular complexity index is 644. The molecule has 2 unspecified atom stereocenters. The maximum absolute atomic E-state index is 6.12. The Morgan fingerprint density at radius 3 is 2.57 bits per heavy atom. The van der Waals surface area contributed by atoms with Crippen molar-refractivity contribution in [3.63, 3.8) is 0 Å². The molecule has 0 amide bonds. The molecule has 1 fully saturated rings. The molecule has 2 aromatic rings. The molecule has 2 atom stereocenters. The topological polar surface area (TPSA) is 74.2 Å². The van der Waals surface area contributed by atoms with Crippen molar-refractivity contribution >= 4 is 0 Å². The lowest BCUT2D eigenvalue weighted by atomic mass is 9.86. The molecule has 5 nitrogen and oxygen atoms in total. The van der Waals surface area contributed by atoms with E-state index in [1.165, 1.54) is 11.1 Å². The second-order valence-corrected chi connectivity index (χ2v) is 6.37. The van der Waals surface area contributed by atoms with Gasteiger partial charge >= 0.3 is 0 Å². The summed E-state index contributed by atoms with van der Waals surface area (Å²) < 4.78 is 11.0. The van der Waals surface area contributed by atoms with Crippen LogP contribution in [0.2, 0.25) is 0 Å². The second-order valence-electron chi connectivity index (χ2n) is 6.37. The molecule has 1 aliphatic heterocycles. The molecule has 1 aliphatic carbocycles. The van der Waals surface area contributed by atoms with Crippen molar-refractivity contribution in [3.05, 3.63) is 47.1 Å². The lowest BCUT2D eigenvalue weighted by Crippen LogP contribution is -2.42. The van der Waals surface area contributed by atoms with Crippen molar-refractivity contribution in [2.75, 3.05) is 13.2 Å². The third-order valence-corrected chi connectivity index (χ3v) is 4.86. The van der Waals surface area contributed by atoms with Gasteiger partial charge in [-0.2, -0.15) is 4.98 Å². The van der Waals surface area contributed by atoms with Crippen LogP contribution >= 0.6 is 0 Å². The van der Waals surface area contributed by atoms with Crippen LogP contribution in [-0.2, 0) is 23.0 Å². The van der Waals surface area contributed by atoms with Crippen LogP contribution in [0, 0.1) is 0 Å². The van der Waals surface area contributed by atoms with E-state index in [0.717, 1.165) is 18.7 Å². The van der Waals surface area contributed by atoms with E-state index in [-0.39, 0.29) is 11.5 Å². The van der Waals surface area contributed by atoms with Gasteiger partial charge in [-0.05, 0) is 30.9 Å². The molecule has 2 N–H and O–H groups in total. The van der Waals surface area contributed by atoms with Crippen molar-refractivity contribution in [3.8, 4) is 0 Å². The van der Waals surface area contributed by atoms with Gasteiger partial charge in [0.1, 0.15) is 0 Å². The summed E-state index contributed by atoms with van der Waals surface area (Å²) in [5.41, 5.74) is 8.54. The maximum Gasteiger partial charge on any atom is 0.236 e. The van der Waals surface area contributed by atoms with Gasteiger partial charge in [-0.25, -0.2) is 0 Å². The quantitative estimate of drug-likeness (QED) is 0.906. The highest BCUT2D eigenvalue weighted by molar-refractivity contribution is 5.35. The average Bonchev–Trinajstić information content (AvgIpc) is 3.18. The SMILES string of the molecule is CC1(c2nc(C3Cc4ccccc4C3)no2)COCC1N. The number of benzene rings is 1. The van der Waals surface area contributed by atoms with Gasteiger partial charge in [0.05, 0.1) is 18.6 Å². The summed E-state index contributed by atoms with van der Waals surface area (Å²) in [6.45, 7) is 3.12. The van der Waals surface area contributed by atoms with Crippen LogP contribution in [0.15, 0.2) is 28.8 Å². The molecule has 1 saturated heterocycles. The van der Waals surface area contributed by atoms with Crippen LogP contribution in [0.1, 0.15) is 35.7 Å². The van der Waals surface area contributed by atoms with E-state index in [4.69, 9.17) is 15.0 Å². The molecule has 0 spiro atoms. The van der Waals surface area contributed by atoms with E-state index in [1.807, 2.05) is 6.92 Å². The van der Waals surface area contributed by atoms with E-state index >= 15 is 0 Å². The van der Waals surface area contributed by atoms with Crippen molar-refractivity contribution in [1.29, 1.82) is 0 Å². The third-order valence-electron chi connectivity index (χ3n) is 4.86. The Morgan fingerprint density at radius 2 is 1.95 bits per heavy atom. The Hall–Kier alpha value is -1.72. The normalized spacial score (nSPS) is 29.0. The van der Waals surface area contributed by atoms with Gasteiger partial charge in [-0.1, -0.05) is 29.4 Å². The molecule has 5 heteroatoms. The predicted molar refractivity (Wildman–Crippen MR) is 77.0 cm³/mol. The Kier molecular flexibility index (Phi) is 2.87. The van der Waals surface area contributed by atoms with Crippen molar-refractivity contribution in [1.82, 2.24) is 10.1 Å². The van der Waals surface area contributed by atoms with Gasteiger partial charge in [0.25, 0.3) is 0 Å². The van der Waals surface area contributed by atoms with Gasteiger partial charge in [-0.15, -0.1) is 0 Å². The number of fused-ring (bicyclic) bond motifs is 1. The van der Waals surface area contributed by atoms with Crippen LogP contribution in [0.25, 0.3) is 0 Å². The second kappa shape index (κ2) is 4.64. The first kappa shape index (κ1) is 13.0. The molecule has 0 radical (unpaired) electrons. The van der Waals surface area contributed by atoms with Crippen LogP contribution in [0.3, 0.4) is 0 Å². The Morgan fingerprint density at radius 1 is 1.24 bits per heavy atom. The number of nitrogens with zero attached hydrogens (tertiary/aromatic N) is 2. The molecule has 1 aromatic carbocycles. The standard InChI is InChI=1S/C16H19N3O2/c1-16(9-20-8-13(16)17)15-18-14(19-21-15)12-6-10-4-2-3-5-11(10)7-12/h2-5,12-13H,6-9,17H2,1H3. The van der Waals surface area contributed by atoms with Crippen molar-refractivity contribution in [2.24, 2.45) is 5.73 Å². The van der Waals surface area contributed by atoms with Crippen molar-refractivity contribution in [2.45, 2.75) is 37.1 Å². The summed E-state index contributed by atoms with van der Waals surface area (Å²) in [5.74, 6) is 1.71. The summed E-state index contributed by atoms with van der Waals surface area (Å²) in [6, 6.07) is 8.43. The minimum absolute atomic E-state index is 0.0911. The first-order chi connectivity index (χ1) is 10.2. The zero-order valence-corrected chi connectivity index (χ0v) is 12.1. The summed E-state index contributed by atoms with van der Waals surface area (Å²) in [7, 11) is 0. The minimum atomic E-state index is -0.364. The van der Waals surface area contributed by atoms with E-state index in [0.29, 0.717) is 25.0 Å². The summed E-state index contributed by atoms with van der Waals surface area (Å²) >= 11 is 0. The fourth-order valence-electron chi connectivity index (χ4n) is 3.28. The van der Waals surface area contributed by atoms with Gasteiger partial charge in [-0.3, -0.25) is 0 Å². The zero-order chi connectivity index (χ0) is 14.4. The summed E-state index contributed by atoms with van der Waals surface area (Å²) in [5, 5.41) is 4.21. The highest BCUT2D eigenvalue weighted by Crippen LogP contribution is 2.35. The monoisotopic (exact) mass is 285 g/mol. The minimum Gasteiger partial charge on any atom is -0.379 e. The molecule has 2 heterocycles. The largest absolute Gasteiger partial charge is 0.379 e. The number of ether oxygens (including phenoxy) is 1. The fourth-order valence-corrected chi connectivity index (χ4v) is 3.28. The average molecular weight is 285 g/mol. The lowest BCUT2D eigenvalue weighted by molar-refractivity contribution is 0.169. The van der Waals surface area contributed by atoms with Gasteiger partial charge in [0.15, 0.2) is 5.82 Å². The predicted octanol–water partition coefficient (Wildman–Crippen LogP) is 1.57. The van der Waals surface area contributed by atoms with Crippen molar-refractivity contribution < 1.29 is 9.26 Å². The molecule has 2 aliphatic rings. The molecule has 21 heavy (non-hydrogen) atoms. The fraction of sp³-hybridized carbons (Fsp3) is 0.500. The van der Waals surface area contributed by atoms with Gasteiger partial charge in [0.2, 0.25) is 5.89 Å². The van der Waals surface area contributed by atoms with Crippen LogP contribution in [0.4, 0.5) is 0 Å². The number of hydrogen-bond acceptors (Lipinski definition) is 5. The highest BCUT2D eigenvalue weighted by Gasteiger charge is 2.44. The van der Waals surface area contributed by atoms with Gasteiger partial charge < -0.3 is 15.0 Å². The summed E-state index contributed by atoms with van der Waals surface area (Å²) in [4.78, 5) is 4.64.